The molecule has 0 spiro atoms. The summed E-state index contributed by atoms with van der Waals surface area (Å²) < 4.78 is 5.81. The van der Waals surface area contributed by atoms with Crippen LogP contribution < -0.4 is 10.6 Å². The molecule has 2 amide bonds. The molecule has 1 aromatic carbocycles. The third kappa shape index (κ3) is 5.73. The van der Waals surface area contributed by atoms with E-state index in [0.29, 0.717) is 5.56 Å². The summed E-state index contributed by atoms with van der Waals surface area (Å²) in [5.74, 6) is -0.451. The minimum Gasteiger partial charge on any atom is -0.394 e. The Kier molecular flexibility index (Phi) is 7.10. The molecule has 0 saturated heterocycles. The highest BCUT2D eigenvalue weighted by Crippen LogP contribution is 2.17. The average molecular weight is 395 g/mol. The Bertz CT molecular complexity index is 842. The fourth-order valence-electron chi connectivity index (χ4n) is 3.18. The number of rotatable bonds is 7. The average Bonchev–Trinajstić information content (AvgIpc) is 2.75. The van der Waals surface area contributed by atoms with Crippen LogP contribution in [-0.4, -0.2) is 46.8 Å². The number of hydrogen-bond donors (Lipinski definition) is 3. The molecule has 0 bridgehead atoms. The molecule has 4 atom stereocenters. The van der Waals surface area contributed by atoms with Gasteiger partial charge in [0.1, 0.15) is 6.10 Å². The molecule has 3 N–H and O–H groups in total. The van der Waals surface area contributed by atoms with Gasteiger partial charge in [-0.2, -0.15) is 0 Å². The monoisotopic (exact) mass is 395 g/mol. The number of nitrogens with zero attached hydrogens (tertiary/aromatic N) is 1. The molecule has 3 rings (SSSR count). The highest BCUT2D eigenvalue weighted by molar-refractivity contribution is 5.94. The Morgan fingerprint density at radius 3 is 2.66 bits per heavy atom. The molecule has 0 radical (unpaired) electrons. The Morgan fingerprint density at radius 2 is 1.97 bits per heavy atom. The second-order valence-corrected chi connectivity index (χ2v) is 6.93. The molecule has 0 fully saturated rings. The molecule has 7 nitrogen and oxygen atoms in total. The lowest BCUT2D eigenvalue weighted by atomic mass is 10.0. The molecular formula is C22H25N3O4. The van der Waals surface area contributed by atoms with Crippen LogP contribution in [-0.2, 0) is 9.53 Å². The lowest BCUT2D eigenvalue weighted by Crippen LogP contribution is -2.49. The van der Waals surface area contributed by atoms with E-state index >= 15 is 0 Å². The first-order valence-corrected chi connectivity index (χ1v) is 9.56. The molecule has 2 aromatic rings. The second kappa shape index (κ2) is 9.95. The van der Waals surface area contributed by atoms with Gasteiger partial charge in [-0.3, -0.25) is 14.6 Å². The zero-order chi connectivity index (χ0) is 20.6. The molecular weight excluding hydrogens is 370 g/mol. The van der Waals surface area contributed by atoms with E-state index in [1.807, 2.05) is 37.3 Å². The van der Waals surface area contributed by atoms with Crippen LogP contribution in [0.4, 0.5) is 0 Å². The first-order chi connectivity index (χ1) is 14.1. The van der Waals surface area contributed by atoms with Gasteiger partial charge in [-0.1, -0.05) is 42.5 Å². The number of aromatic nitrogens is 1. The summed E-state index contributed by atoms with van der Waals surface area (Å²) in [4.78, 5) is 28.6. The van der Waals surface area contributed by atoms with Gasteiger partial charge in [0.2, 0.25) is 5.91 Å². The van der Waals surface area contributed by atoms with Gasteiger partial charge in [0.15, 0.2) is 0 Å². The SMILES string of the molecule is C[C@@H](NC(=O)C[C@H]1C=C[C@@H](NC(=O)c2cccnc2)[C@@H](CO)O1)c1ccccc1. The minimum atomic E-state index is -0.634. The maximum atomic E-state index is 12.4. The third-order valence-electron chi connectivity index (χ3n) is 4.75. The van der Waals surface area contributed by atoms with Crippen molar-refractivity contribution in [1.29, 1.82) is 0 Å². The lowest BCUT2D eigenvalue weighted by Gasteiger charge is -2.31. The predicted molar refractivity (Wildman–Crippen MR) is 108 cm³/mol. The van der Waals surface area contributed by atoms with Crippen molar-refractivity contribution in [3.05, 3.63) is 78.1 Å². The van der Waals surface area contributed by atoms with E-state index in [2.05, 4.69) is 15.6 Å². The molecule has 152 valence electrons. The summed E-state index contributed by atoms with van der Waals surface area (Å²) in [5.41, 5.74) is 1.45. The number of aliphatic hydroxyl groups excluding tert-OH is 1. The summed E-state index contributed by atoms with van der Waals surface area (Å²) in [6, 6.07) is 12.4. The highest BCUT2D eigenvalue weighted by atomic mass is 16.5. The van der Waals surface area contributed by atoms with Gasteiger partial charge in [-0.15, -0.1) is 0 Å². The fraction of sp³-hybridized carbons (Fsp3) is 0.318. The molecule has 7 heteroatoms. The van der Waals surface area contributed by atoms with Crippen LogP contribution in [0.2, 0.25) is 0 Å². The van der Waals surface area contributed by atoms with Crippen molar-refractivity contribution < 1.29 is 19.4 Å². The number of nitrogens with one attached hydrogen (secondary N) is 2. The first-order valence-electron chi connectivity index (χ1n) is 9.56. The Morgan fingerprint density at radius 1 is 1.17 bits per heavy atom. The zero-order valence-corrected chi connectivity index (χ0v) is 16.2. The van der Waals surface area contributed by atoms with Gasteiger partial charge < -0.3 is 20.5 Å². The first kappa shape index (κ1) is 20.7. The Labute approximate surface area is 169 Å². The summed E-state index contributed by atoms with van der Waals surface area (Å²) in [7, 11) is 0. The smallest absolute Gasteiger partial charge is 0.253 e. The molecule has 0 aliphatic carbocycles. The van der Waals surface area contributed by atoms with E-state index in [9.17, 15) is 14.7 Å². The van der Waals surface area contributed by atoms with Crippen molar-refractivity contribution in [3.63, 3.8) is 0 Å². The summed E-state index contributed by atoms with van der Waals surface area (Å²) >= 11 is 0. The van der Waals surface area contributed by atoms with Crippen molar-refractivity contribution >= 4 is 11.8 Å². The minimum absolute atomic E-state index is 0.114. The number of ether oxygens (including phenoxy) is 1. The van der Waals surface area contributed by atoms with Crippen molar-refractivity contribution in [1.82, 2.24) is 15.6 Å². The molecule has 0 saturated carbocycles. The van der Waals surface area contributed by atoms with E-state index < -0.39 is 18.2 Å². The van der Waals surface area contributed by atoms with Gasteiger partial charge in [-0.05, 0) is 24.6 Å². The van der Waals surface area contributed by atoms with Crippen molar-refractivity contribution in [2.24, 2.45) is 0 Å². The molecule has 1 aliphatic rings. The number of benzene rings is 1. The lowest BCUT2D eigenvalue weighted by molar-refractivity contribution is -0.126. The van der Waals surface area contributed by atoms with Gasteiger partial charge in [0, 0.05) is 12.4 Å². The molecule has 1 aromatic heterocycles. The quantitative estimate of drug-likeness (QED) is 0.621. The maximum Gasteiger partial charge on any atom is 0.253 e. The van der Waals surface area contributed by atoms with Crippen LogP contribution in [0.1, 0.15) is 35.3 Å². The maximum absolute atomic E-state index is 12.4. The van der Waals surface area contributed by atoms with Crippen molar-refractivity contribution in [3.8, 4) is 0 Å². The highest BCUT2D eigenvalue weighted by Gasteiger charge is 2.29. The number of pyridine rings is 1. The van der Waals surface area contributed by atoms with Gasteiger partial charge in [0.05, 0.1) is 36.8 Å². The van der Waals surface area contributed by atoms with E-state index in [-0.39, 0.29) is 30.9 Å². The third-order valence-corrected chi connectivity index (χ3v) is 4.75. The number of carbonyl (C=O) groups excluding carboxylic acids is 2. The molecule has 0 unspecified atom stereocenters. The Balaban J connectivity index is 1.55. The van der Waals surface area contributed by atoms with Crippen molar-refractivity contribution in [2.75, 3.05) is 6.61 Å². The normalized spacial score (nSPS) is 21.9. The molecule has 1 aliphatic heterocycles. The summed E-state index contributed by atoms with van der Waals surface area (Å²) in [6.07, 6.45) is 5.59. The van der Waals surface area contributed by atoms with Crippen LogP contribution in [0.5, 0.6) is 0 Å². The standard InChI is InChI=1S/C22H25N3O4/c1-15(16-6-3-2-4-7-16)24-21(27)12-18-9-10-19(20(14-26)29-18)25-22(28)17-8-5-11-23-13-17/h2-11,13,15,18-20,26H,12,14H2,1H3,(H,24,27)(H,25,28)/t15-,18-,19-,20-/m1/s1. The van der Waals surface area contributed by atoms with Crippen LogP contribution >= 0.6 is 0 Å². The van der Waals surface area contributed by atoms with Crippen LogP contribution in [0.3, 0.4) is 0 Å². The van der Waals surface area contributed by atoms with Gasteiger partial charge >= 0.3 is 0 Å². The van der Waals surface area contributed by atoms with E-state index in [1.165, 1.54) is 6.20 Å². The van der Waals surface area contributed by atoms with Gasteiger partial charge in [0.25, 0.3) is 5.91 Å². The fourth-order valence-corrected chi connectivity index (χ4v) is 3.18. The van der Waals surface area contributed by atoms with Crippen LogP contribution in [0.15, 0.2) is 67.0 Å². The van der Waals surface area contributed by atoms with E-state index in [0.717, 1.165) is 5.56 Å². The zero-order valence-electron chi connectivity index (χ0n) is 16.2. The number of carbonyl (C=O) groups is 2. The Hall–Kier alpha value is -3.03. The van der Waals surface area contributed by atoms with Gasteiger partial charge in [-0.25, -0.2) is 0 Å². The largest absolute Gasteiger partial charge is 0.394 e. The second-order valence-electron chi connectivity index (χ2n) is 6.93. The predicted octanol–water partition coefficient (Wildman–Crippen LogP) is 1.76. The van der Waals surface area contributed by atoms with E-state index in [1.54, 1.807) is 30.5 Å². The number of amides is 2. The van der Waals surface area contributed by atoms with Crippen LogP contribution in [0, 0.1) is 0 Å². The van der Waals surface area contributed by atoms with Crippen LogP contribution in [0.25, 0.3) is 0 Å². The number of hydrogen-bond acceptors (Lipinski definition) is 5. The number of aliphatic hydroxyl groups is 1. The summed E-state index contributed by atoms with van der Waals surface area (Å²) in [6.45, 7) is 1.65. The molecule has 29 heavy (non-hydrogen) atoms. The van der Waals surface area contributed by atoms with Crippen molar-refractivity contribution in [2.45, 2.75) is 37.6 Å². The summed E-state index contributed by atoms with van der Waals surface area (Å²) in [5, 5.41) is 15.4. The van der Waals surface area contributed by atoms with E-state index in [4.69, 9.17) is 4.74 Å². The topological polar surface area (TPSA) is 101 Å². The molecule has 2 heterocycles.